The van der Waals surface area contributed by atoms with Gasteiger partial charge in [0.1, 0.15) is 5.75 Å². The van der Waals surface area contributed by atoms with Crippen LogP contribution in [0.15, 0.2) is 12.1 Å². The maximum Gasteiger partial charge on any atom is 0.126 e. The Morgan fingerprint density at radius 1 is 1.38 bits per heavy atom. The summed E-state index contributed by atoms with van der Waals surface area (Å²) in [6, 6.07) is 4.64. The van der Waals surface area contributed by atoms with E-state index in [0.29, 0.717) is 13.1 Å². The van der Waals surface area contributed by atoms with Gasteiger partial charge in [-0.2, -0.15) is 0 Å². The highest BCUT2D eigenvalue weighted by atomic mass is 16.5. The van der Waals surface area contributed by atoms with E-state index >= 15 is 0 Å². The van der Waals surface area contributed by atoms with Crippen LogP contribution in [0.1, 0.15) is 35.6 Å². The monoisotopic (exact) mass is 292 g/mol. The third-order valence-corrected chi connectivity index (χ3v) is 3.88. The van der Waals surface area contributed by atoms with Gasteiger partial charge >= 0.3 is 0 Å². The molecular formula is C17H28N2O2. The molecule has 1 heterocycles. The lowest BCUT2D eigenvalue weighted by molar-refractivity contribution is 0.131. The van der Waals surface area contributed by atoms with Crippen LogP contribution in [0.3, 0.4) is 0 Å². The molecule has 0 aliphatic carbocycles. The van der Waals surface area contributed by atoms with E-state index in [-0.39, 0.29) is 12.1 Å². The molecule has 118 valence electrons. The molecule has 0 fully saturated rings. The summed E-state index contributed by atoms with van der Waals surface area (Å²) < 4.78 is 5.93. The molecule has 4 heteroatoms. The van der Waals surface area contributed by atoms with Crippen LogP contribution < -0.4 is 10.1 Å². The zero-order valence-corrected chi connectivity index (χ0v) is 13.6. The normalized spacial score (nSPS) is 19.8. The maximum absolute atomic E-state index is 10.0. The first-order valence-corrected chi connectivity index (χ1v) is 7.77. The molecule has 4 nitrogen and oxygen atoms in total. The Morgan fingerprint density at radius 3 is 2.86 bits per heavy atom. The number of aryl methyl sites for hydroxylation is 2. The van der Waals surface area contributed by atoms with E-state index in [0.717, 1.165) is 25.2 Å². The molecule has 1 aromatic carbocycles. The second-order valence-corrected chi connectivity index (χ2v) is 6.37. The maximum atomic E-state index is 10.0. The Kier molecular flexibility index (Phi) is 5.62. The van der Waals surface area contributed by atoms with Gasteiger partial charge in [-0.1, -0.05) is 17.7 Å². The van der Waals surface area contributed by atoms with Gasteiger partial charge in [-0.15, -0.1) is 0 Å². The summed E-state index contributed by atoms with van der Waals surface area (Å²) in [5.74, 6) is 1.03. The molecule has 0 amide bonds. The van der Waals surface area contributed by atoms with Crippen LogP contribution >= 0.6 is 0 Å². The summed E-state index contributed by atoms with van der Waals surface area (Å²) in [6.07, 6.45) is 1.73. The van der Waals surface area contributed by atoms with Crippen molar-refractivity contribution in [2.45, 2.75) is 38.8 Å². The van der Waals surface area contributed by atoms with Gasteiger partial charge in [0, 0.05) is 24.7 Å². The van der Waals surface area contributed by atoms with E-state index in [1.54, 1.807) is 0 Å². The average Bonchev–Trinajstić information content (AvgIpc) is 2.58. The van der Waals surface area contributed by atoms with Crippen LogP contribution in [0, 0.1) is 13.8 Å². The molecular weight excluding hydrogens is 264 g/mol. The van der Waals surface area contributed by atoms with Crippen molar-refractivity contribution in [1.82, 2.24) is 10.2 Å². The molecule has 0 spiro atoms. The Labute approximate surface area is 128 Å². The minimum Gasteiger partial charge on any atom is -0.493 e. The van der Waals surface area contributed by atoms with E-state index in [1.807, 2.05) is 19.0 Å². The second kappa shape index (κ2) is 7.25. The third kappa shape index (κ3) is 4.43. The van der Waals surface area contributed by atoms with Gasteiger partial charge in [-0.05, 0) is 46.3 Å². The van der Waals surface area contributed by atoms with E-state index in [2.05, 4.69) is 31.3 Å². The third-order valence-electron chi connectivity index (χ3n) is 3.88. The van der Waals surface area contributed by atoms with Crippen molar-refractivity contribution in [2.75, 3.05) is 33.8 Å². The number of aliphatic hydroxyl groups is 1. The number of benzene rings is 1. The molecule has 2 rings (SSSR count). The summed E-state index contributed by atoms with van der Waals surface area (Å²) in [5.41, 5.74) is 3.70. The molecule has 0 bridgehead atoms. The van der Waals surface area contributed by atoms with E-state index in [1.165, 1.54) is 16.7 Å². The van der Waals surface area contributed by atoms with E-state index in [9.17, 15) is 5.11 Å². The number of likely N-dealkylation sites (N-methyl/N-ethyl adjacent to an activating group) is 1. The number of nitrogens with one attached hydrogen (secondary N) is 1. The lowest BCUT2D eigenvalue weighted by Gasteiger charge is -2.23. The second-order valence-electron chi connectivity index (χ2n) is 6.37. The van der Waals surface area contributed by atoms with Crippen LogP contribution in [-0.2, 0) is 0 Å². The Bertz CT molecular complexity index is 474. The van der Waals surface area contributed by atoms with Crippen molar-refractivity contribution in [3.8, 4) is 5.75 Å². The minimum absolute atomic E-state index is 0.262. The zero-order valence-electron chi connectivity index (χ0n) is 13.6. The number of aliphatic hydroxyl groups excluding tert-OH is 1. The number of ether oxygens (including phenoxy) is 1. The fraction of sp³-hybridized carbons (Fsp3) is 0.647. The molecule has 0 aromatic heterocycles. The van der Waals surface area contributed by atoms with E-state index in [4.69, 9.17) is 4.74 Å². The van der Waals surface area contributed by atoms with Crippen LogP contribution in [0.4, 0.5) is 0 Å². The van der Waals surface area contributed by atoms with E-state index < -0.39 is 0 Å². The number of nitrogens with zero attached hydrogens (tertiary/aromatic N) is 1. The van der Waals surface area contributed by atoms with Crippen LogP contribution in [-0.4, -0.2) is 49.9 Å². The van der Waals surface area contributed by atoms with Gasteiger partial charge in [0.05, 0.1) is 12.7 Å². The molecule has 21 heavy (non-hydrogen) atoms. The fourth-order valence-electron chi connectivity index (χ4n) is 3.04. The first-order valence-electron chi connectivity index (χ1n) is 7.77. The minimum atomic E-state index is -0.349. The zero-order chi connectivity index (χ0) is 15.4. The van der Waals surface area contributed by atoms with Gasteiger partial charge in [-0.25, -0.2) is 0 Å². The van der Waals surface area contributed by atoms with Crippen LogP contribution in [0.2, 0.25) is 0 Å². The predicted octanol–water partition coefficient (Wildman–Crippen LogP) is 2.03. The van der Waals surface area contributed by atoms with Crippen molar-refractivity contribution in [3.05, 3.63) is 28.8 Å². The first kappa shape index (κ1) is 16.3. The first-order chi connectivity index (χ1) is 9.97. The van der Waals surface area contributed by atoms with Gasteiger partial charge in [-0.3, -0.25) is 0 Å². The summed E-state index contributed by atoms with van der Waals surface area (Å²) in [4.78, 5) is 2.00. The lowest BCUT2D eigenvalue weighted by Crippen LogP contribution is -2.36. The van der Waals surface area contributed by atoms with Crippen molar-refractivity contribution in [1.29, 1.82) is 0 Å². The number of hydrogen-bond acceptors (Lipinski definition) is 4. The molecule has 0 radical (unpaired) electrons. The predicted molar refractivity (Wildman–Crippen MR) is 85.9 cm³/mol. The summed E-state index contributed by atoms with van der Waals surface area (Å²) in [5, 5.41) is 13.6. The van der Waals surface area contributed by atoms with Crippen LogP contribution in [0.5, 0.6) is 5.75 Å². The number of hydrogen-bond donors (Lipinski definition) is 2. The van der Waals surface area contributed by atoms with Crippen LogP contribution in [0.25, 0.3) is 0 Å². The highest BCUT2D eigenvalue weighted by molar-refractivity contribution is 5.46. The lowest BCUT2D eigenvalue weighted by atomic mass is 9.97. The van der Waals surface area contributed by atoms with Crippen molar-refractivity contribution >= 4 is 0 Å². The Morgan fingerprint density at radius 2 is 2.14 bits per heavy atom. The summed E-state index contributed by atoms with van der Waals surface area (Å²) in [6.45, 7) is 6.28. The van der Waals surface area contributed by atoms with Crippen molar-refractivity contribution in [3.63, 3.8) is 0 Å². The Balaban J connectivity index is 2.10. The van der Waals surface area contributed by atoms with Gasteiger partial charge < -0.3 is 20.1 Å². The number of fused-ring (bicyclic) bond motifs is 1. The largest absolute Gasteiger partial charge is 0.493 e. The molecule has 1 aromatic rings. The molecule has 2 unspecified atom stereocenters. The molecule has 0 saturated carbocycles. The molecule has 1 aliphatic rings. The molecule has 2 atom stereocenters. The van der Waals surface area contributed by atoms with Crippen molar-refractivity contribution in [2.24, 2.45) is 0 Å². The molecule has 0 saturated heterocycles. The SMILES string of the molecule is Cc1cc(C)c2c(c1)C(NCC(O)CN(C)C)CCCO2. The van der Waals surface area contributed by atoms with Gasteiger partial charge in [0.15, 0.2) is 0 Å². The standard InChI is InChI=1S/C17H28N2O2/c1-12-8-13(2)17-15(9-12)16(6-5-7-21-17)18-10-14(20)11-19(3)4/h8-9,14,16,18,20H,5-7,10-11H2,1-4H3. The highest BCUT2D eigenvalue weighted by Crippen LogP contribution is 2.35. The topological polar surface area (TPSA) is 44.7 Å². The van der Waals surface area contributed by atoms with Gasteiger partial charge in [0.25, 0.3) is 0 Å². The summed E-state index contributed by atoms with van der Waals surface area (Å²) in [7, 11) is 3.95. The fourth-order valence-corrected chi connectivity index (χ4v) is 3.04. The quantitative estimate of drug-likeness (QED) is 0.871. The Hall–Kier alpha value is -1.10. The molecule has 2 N–H and O–H groups in total. The highest BCUT2D eigenvalue weighted by Gasteiger charge is 2.22. The average molecular weight is 292 g/mol. The van der Waals surface area contributed by atoms with Gasteiger partial charge in [0.2, 0.25) is 0 Å². The van der Waals surface area contributed by atoms with Crippen molar-refractivity contribution < 1.29 is 9.84 Å². The number of rotatable bonds is 5. The summed E-state index contributed by atoms with van der Waals surface area (Å²) >= 11 is 0. The molecule has 1 aliphatic heterocycles. The smallest absolute Gasteiger partial charge is 0.126 e.